The van der Waals surface area contributed by atoms with Gasteiger partial charge in [-0.1, -0.05) is 109 Å². The van der Waals surface area contributed by atoms with Gasteiger partial charge in [0.15, 0.2) is 5.82 Å². The van der Waals surface area contributed by atoms with Crippen molar-refractivity contribution in [1.29, 1.82) is 0 Å². The fraction of sp³-hybridized carbons (Fsp3) is 0.436. The van der Waals surface area contributed by atoms with Crippen LogP contribution in [0.1, 0.15) is 95.1 Å². The lowest BCUT2D eigenvalue weighted by molar-refractivity contribution is 0.0666. The van der Waals surface area contributed by atoms with Gasteiger partial charge in [0.2, 0.25) is 0 Å². The number of hydrogen-bond acceptors (Lipinski definition) is 5. The number of nitrogens with zero attached hydrogens (tertiary/aromatic N) is 2. The first kappa shape index (κ1) is 33.2. The van der Waals surface area contributed by atoms with Gasteiger partial charge < -0.3 is 14.2 Å². The average Bonchev–Trinajstić information content (AvgIpc) is 3.08. The Kier molecular flexibility index (Phi) is 13.2. The summed E-state index contributed by atoms with van der Waals surface area (Å²) in [7, 11) is 0. The van der Waals surface area contributed by atoms with E-state index in [-0.39, 0.29) is 6.10 Å². The van der Waals surface area contributed by atoms with Crippen molar-refractivity contribution in [3.8, 4) is 22.9 Å². The van der Waals surface area contributed by atoms with Crippen LogP contribution in [0.2, 0.25) is 0 Å². The van der Waals surface area contributed by atoms with Crippen LogP contribution >= 0.6 is 0 Å². The van der Waals surface area contributed by atoms with Gasteiger partial charge in [-0.25, -0.2) is 9.97 Å². The van der Waals surface area contributed by atoms with E-state index in [9.17, 15) is 0 Å². The molecule has 0 saturated heterocycles. The minimum atomic E-state index is -0.240. The van der Waals surface area contributed by atoms with Gasteiger partial charge in [0.25, 0.3) is 0 Å². The summed E-state index contributed by atoms with van der Waals surface area (Å²) in [6.07, 6.45) is 10.5. The highest BCUT2D eigenvalue weighted by molar-refractivity contribution is 5.55. The van der Waals surface area contributed by atoms with E-state index < -0.39 is 0 Å². The molecule has 0 amide bonds. The SMILES string of the molecule is CCCCCc1cnc(-c2ccc(C(OCc3ccc(OCC(C)CC)cc3)c3ccc(OCC(C)CC)cc3)cc2)nc1. The van der Waals surface area contributed by atoms with Crippen LogP contribution in [0.4, 0.5) is 0 Å². The third-order valence-corrected chi connectivity index (χ3v) is 8.23. The minimum Gasteiger partial charge on any atom is -0.493 e. The molecule has 3 unspecified atom stereocenters. The Bertz CT molecular complexity index is 1350. The van der Waals surface area contributed by atoms with Gasteiger partial charge in [-0.2, -0.15) is 0 Å². The van der Waals surface area contributed by atoms with E-state index in [1.807, 2.05) is 36.7 Å². The van der Waals surface area contributed by atoms with Gasteiger partial charge in [0, 0.05) is 18.0 Å². The molecule has 1 heterocycles. The molecule has 3 atom stereocenters. The molecule has 0 aliphatic carbocycles. The molecule has 0 N–H and O–H groups in total. The summed E-state index contributed by atoms with van der Waals surface area (Å²) in [6.45, 7) is 12.9. The summed E-state index contributed by atoms with van der Waals surface area (Å²) in [5.74, 6) is 3.58. The number of benzene rings is 3. The Morgan fingerprint density at radius 3 is 1.66 bits per heavy atom. The second kappa shape index (κ2) is 17.6. The third-order valence-electron chi connectivity index (χ3n) is 8.23. The van der Waals surface area contributed by atoms with Crippen LogP contribution in [0, 0.1) is 11.8 Å². The van der Waals surface area contributed by atoms with Gasteiger partial charge in [-0.05, 0) is 71.2 Å². The Balaban J connectivity index is 1.48. The monoisotopic (exact) mass is 594 g/mol. The molecule has 3 aromatic carbocycles. The van der Waals surface area contributed by atoms with Crippen molar-refractivity contribution in [2.24, 2.45) is 11.8 Å². The molecular formula is C39H50N2O3. The van der Waals surface area contributed by atoms with Crippen molar-refractivity contribution < 1.29 is 14.2 Å². The maximum absolute atomic E-state index is 6.61. The summed E-state index contributed by atoms with van der Waals surface area (Å²) in [5.41, 5.74) is 5.44. The van der Waals surface area contributed by atoms with Crippen molar-refractivity contribution in [3.05, 3.63) is 107 Å². The van der Waals surface area contributed by atoms with Crippen LogP contribution in [0.3, 0.4) is 0 Å². The summed E-state index contributed by atoms with van der Waals surface area (Å²) in [4.78, 5) is 9.30. The highest BCUT2D eigenvalue weighted by Crippen LogP contribution is 2.31. The molecule has 4 aromatic rings. The summed E-state index contributed by atoms with van der Waals surface area (Å²) < 4.78 is 18.6. The highest BCUT2D eigenvalue weighted by Gasteiger charge is 2.17. The lowest BCUT2D eigenvalue weighted by atomic mass is 9.99. The van der Waals surface area contributed by atoms with Crippen molar-refractivity contribution in [3.63, 3.8) is 0 Å². The van der Waals surface area contributed by atoms with Crippen LogP contribution in [0.25, 0.3) is 11.4 Å². The van der Waals surface area contributed by atoms with E-state index in [0.717, 1.165) is 72.1 Å². The molecule has 234 valence electrons. The van der Waals surface area contributed by atoms with Crippen molar-refractivity contribution in [2.45, 2.75) is 85.9 Å². The van der Waals surface area contributed by atoms with Gasteiger partial charge in [0.05, 0.1) is 19.8 Å². The van der Waals surface area contributed by atoms with Crippen molar-refractivity contribution in [2.75, 3.05) is 13.2 Å². The maximum Gasteiger partial charge on any atom is 0.159 e. The van der Waals surface area contributed by atoms with Crippen LogP contribution < -0.4 is 9.47 Å². The minimum absolute atomic E-state index is 0.240. The largest absolute Gasteiger partial charge is 0.493 e. The molecule has 0 fully saturated rings. The molecule has 0 aliphatic heterocycles. The molecule has 1 aromatic heterocycles. The lowest BCUT2D eigenvalue weighted by Gasteiger charge is -2.20. The number of aryl methyl sites for hydroxylation is 1. The Morgan fingerprint density at radius 2 is 1.14 bits per heavy atom. The van der Waals surface area contributed by atoms with E-state index in [1.165, 1.54) is 24.8 Å². The Labute approximate surface area is 265 Å². The standard InChI is InChI=1S/C39H50N2O3/c1-6-9-10-11-32-24-40-39(41-25-32)35-16-14-33(15-17-35)38(34-18-22-37(23-19-34)43-27-30(5)8-3)44-28-31-12-20-36(21-13-31)42-26-29(4)7-2/h12-25,29-30,38H,6-11,26-28H2,1-5H3. The van der Waals surface area contributed by atoms with E-state index in [4.69, 9.17) is 14.2 Å². The molecule has 0 radical (unpaired) electrons. The fourth-order valence-electron chi connectivity index (χ4n) is 4.72. The third kappa shape index (κ3) is 10.2. The molecule has 0 bridgehead atoms. The fourth-order valence-corrected chi connectivity index (χ4v) is 4.72. The molecule has 0 aliphatic rings. The molecule has 44 heavy (non-hydrogen) atoms. The average molecular weight is 595 g/mol. The Morgan fingerprint density at radius 1 is 0.614 bits per heavy atom. The summed E-state index contributed by atoms with van der Waals surface area (Å²) in [6, 6.07) is 25.0. The number of hydrogen-bond donors (Lipinski definition) is 0. The first-order valence-electron chi connectivity index (χ1n) is 16.5. The number of unbranched alkanes of at least 4 members (excludes halogenated alkanes) is 2. The Hall–Kier alpha value is -3.70. The normalized spacial score (nSPS) is 13.3. The van der Waals surface area contributed by atoms with Gasteiger partial charge in [-0.3, -0.25) is 0 Å². The first-order chi connectivity index (χ1) is 21.5. The molecule has 5 heteroatoms. The number of ether oxygens (including phenoxy) is 3. The van der Waals surface area contributed by atoms with Crippen LogP contribution in [0.15, 0.2) is 85.2 Å². The van der Waals surface area contributed by atoms with E-state index in [0.29, 0.717) is 18.4 Å². The molecule has 5 nitrogen and oxygen atoms in total. The van der Waals surface area contributed by atoms with Crippen LogP contribution in [-0.2, 0) is 17.8 Å². The van der Waals surface area contributed by atoms with Crippen molar-refractivity contribution >= 4 is 0 Å². The smallest absolute Gasteiger partial charge is 0.159 e. The van der Waals surface area contributed by atoms with Gasteiger partial charge in [-0.15, -0.1) is 0 Å². The number of rotatable bonds is 18. The molecule has 0 spiro atoms. The van der Waals surface area contributed by atoms with Crippen LogP contribution in [-0.4, -0.2) is 23.2 Å². The maximum atomic E-state index is 6.61. The molecule has 4 rings (SSSR count). The zero-order valence-electron chi connectivity index (χ0n) is 27.3. The van der Waals surface area contributed by atoms with E-state index in [2.05, 4.69) is 93.1 Å². The van der Waals surface area contributed by atoms with E-state index >= 15 is 0 Å². The topological polar surface area (TPSA) is 53.5 Å². The summed E-state index contributed by atoms with van der Waals surface area (Å²) in [5, 5.41) is 0. The molecular weight excluding hydrogens is 544 g/mol. The highest BCUT2D eigenvalue weighted by atomic mass is 16.5. The first-order valence-corrected chi connectivity index (χ1v) is 16.5. The second-order valence-electron chi connectivity index (χ2n) is 12.0. The lowest BCUT2D eigenvalue weighted by Crippen LogP contribution is -2.09. The zero-order chi connectivity index (χ0) is 31.1. The summed E-state index contributed by atoms with van der Waals surface area (Å²) >= 11 is 0. The quantitative estimate of drug-likeness (QED) is 0.107. The number of aromatic nitrogens is 2. The van der Waals surface area contributed by atoms with Gasteiger partial charge >= 0.3 is 0 Å². The second-order valence-corrected chi connectivity index (χ2v) is 12.0. The van der Waals surface area contributed by atoms with Gasteiger partial charge in [0.1, 0.15) is 17.6 Å². The van der Waals surface area contributed by atoms with Crippen molar-refractivity contribution in [1.82, 2.24) is 9.97 Å². The van der Waals surface area contributed by atoms with Crippen LogP contribution in [0.5, 0.6) is 11.5 Å². The predicted molar refractivity (Wildman–Crippen MR) is 180 cm³/mol. The zero-order valence-corrected chi connectivity index (χ0v) is 27.3. The van der Waals surface area contributed by atoms with E-state index in [1.54, 1.807) is 0 Å². The predicted octanol–water partition coefficient (Wildman–Crippen LogP) is 10.0. The molecule has 0 saturated carbocycles.